The molecule has 10 heteroatoms. The number of ether oxygens (including phenoxy) is 3. The third-order valence-electron chi connectivity index (χ3n) is 5.51. The van der Waals surface area contributed by atoms with E-state index >= 15 is 0 Å². The lowest BCUT2D eigenvalue weighted by Crippen LogP contribution is -2.69. The van der Waals surface area contributed by atoms with E-state index < -0.39 is 23.4 Å². The number of hydrogen-bond acceptors (Lipinski definition) is 7. The van der Waals surface area contributed by atoms with Crippen molar-refractivity contribution in [2.24, 2.45) is 0 Å². The maximum absolute atomic E-state index is 12.6. The van der Waals surface area contributed by atoms with Crippen LogP contribution in [0.4, 0.5) is 4.79 Å². The first-order valence-corrected chi connectivity index (χ1v) is 11.9. The molecule has 0 radical (unpaired) electrons. The normalized spacial score (nSPS) is 14.6. The molecule has 10 nitrogen and oxygen atoms in total. The maximum Gasteiger partial charge on any atom is 0.328 e. The van der Waals surface area contributed by atoms with E-state index in [1.807, 2.05) is 19.1 Å². The van der Waals surface area contributed by atoms with Gasteiger partial charge in [-0.1, -0.05) is 25.5 Å². The summed E-state index contributed by atoms with van der Waals surface area (Å²) in [5.74, 6) is -0.307. The third-order valence-corrected chi connectivity index (χ3v) is 5.51. The minimum atomic E-state index is -1.94. The van der Waals surface area contributed by atoms with E-state index in [-0.39, 0.29) is 24.7 Å². The zero-order chi connectivity index (χ0) is 26.0. The standard InChI is InChI=1S/C26H31N3O7/c1-3-5-6-22(30)27-17-18-7-9-19(10-8-18)35-20-11-13-21(14-12-20)36-26(15-16-34-4-2)23(31)28-25(33)29-24(26)32/h7-14H,3-6,15-17H2,1-2H3,(H,27,30)(H2,28,29,31,32,33). The summed E-state index contributed by atoms with van der Waals surface area (Å²) in [6.07, 6.45) is 2.30. The second kappa shape index (κ2) is 12.7. The Morgan fingerprint density at radius 1 is 0.889 bits per heavy atom. The van der Waals surface area contributed by atoms with E-state index in [9.17, 15) is 19.2 Å². The van der Waals surface area contributed by atoms with Crippen LogP contribution in [-0.2, 0) is 25.7 Å². The highest BCUT2D eigenvalue weighted by Crippen LogP contribution is 2.28. The lowest BCUT2D eigenvalue weighted by Gasteiger charge is -2.34. The molecule has 1 saturated heterocycles. The largest absolute Gasteiger partial charge is 0.467 e. The number of carbonyl (C=O) groups is 4. The van der Waals surface area contributed by atoms with Gasteiger partial charge in [-0.3, -0.25) is 25.0 Å². The predicted octanol–water partition coefficient (Wildman–Crippen LogP) is 3.20. The minimum Gasteiger partial charge on any atom is -0.467 e. The lowest BCUT2D eigenvalue weighted by atomic mass is 9.95. The van der Waals surface area contributed by atoms with Crippen molar-refractivity contribution in [2.75, 3.05) is 13.2 Å². The second-order valence-electron chi connectivity index (χ2n) is 8.21. The van der Waals surface area contributed by atoms with E-state index in [1.54, 1.807) is 43.3 Å². The van der Waals surface area contributed by atoms with Gasteiger partial charge in [-0.25, -0.2) is 4.79 Å². The van der Waals surface area contributed by atoms with E-state index in [0.717, 1.165) is 18.4 Å². The van der Waals surface area contributed by atoms with E-state index in [1.165, 1.54) is 0 Å². The number of barbiturate groups is 1. The van der Waals surface area contributed by atoms with Crippen molar-refractivity contribution in [1.29, 1.82) is 0 Å². The Morgan fingerprint density at radius 3 is 2.06 bits per heavy atom. The van der Waals surface area contributed by atoms with Crippen LogP contribution in [0.15, 0.2) is 48.5 Å². The third kappa shape index (κ3) is 7.05. The van der Waals surface area contributed by atoms with Crippen molar-refractivity contribution in [3.8, 4) is 17.2 Å². The lowest BCUT2D eigenvalue weighted by molar-refractivity contribution is -0.153. The highest BCUT2D eigenvalue weighted by molar-refractivity contribution is 6.21. The molecule has 0 saturated carbocycles. The van der Waals surface area contributed by atoms with Crippen molar-refractivity contribution >= 4 is 23.8 Å². The number of amides is 5. The number of hydrogen-bond donors (Lipinski definition) is 3. The molecule has 2 aromatic carbocycles. The Hall–Kier alpha value is -3.92. The zero-order valence-corrected chi connectivity index (χ0v) is 20.4. The van der Waals surface area contributed by atoms with Gasteiger partial charge >= 0.3 is 6.03 Å². The van der Waals surface area contributed by atoms with Gasteiger partial charge in [0.05, 0.1) is 6.61 Å². The average molecular weight is 498 g/mol. The van der Waals surface area contributed by atoms with Crippen LogP contribution in [0.2, 0.25) is 0 Å². The van der Waals surface area contributed by atoms with E-state index in [4.69, 9.17) is 14.2 Å². The molecule has 0 spiro atoms. The Bertz CT molecular complexity index is 1050. The summed E-state index contributed by atoms with van der Waals surface area (Å²) in [7, 11) is 0. The molecule has 0 aromatic heterocycles. The van der Waals surface area contributed by atoms with Crippen molar-refractivity contribution in [3.63, 3.8) is 0 Å². The summed E-state index contributed by atoms with van der Waals surface area (Å²) >= 11 is 0. The molecule has 1 heterocycles. The first-order chi connectivity index (χ1) is 17.4. The first-order valence-electron chi connectivity index (χ1n) is 11.9. The number of carbonyl (C=O) groups excluding carboxylic acids is 4. The SMILES string of the molecule is CCCCC(=O)NCc1ccc(Oc2ccc(OC3(CCOCC)C(=O)NC(=O)NC3=O)cc2)cc1. The van der Waals surface area contributed by atoms with Crippen molar-refractivity contribution in [3.05, 3.63) is 54.1 Å². The molecule has 1 aliphatic heterocycles. The monoisotopic (exact) mass is 497 g/mol. The molecule has 0 atom stereocenters. The van der Waals surface area contributed by atoms with Crippen LogP contribution in [0.3, 0.4) is 0 Å². The van der Waals surface area contributed by atoms with Crippen LogP contribution in [0.5, 0.6) is 17.2 Å². The van der Waals surface area contributed by atoms with Gasteiger partial charge < -0.3 is 19.5 Å². The first kappa shape index (κ1) is 26.7. The summed E-state index contributed by atoms with van der Waals surface area (Å²) in [5.41, 5.74) is -0.983. The van der Waals surface area contributed by atoms with Gasteiger partial charge in [-0.15, -0.1) is 0 Å². The molecular formula is C26H31N3O7. The van der Waals surface area contributed by atoms with Crippen molar-refractivity contribution < 1.29 is 33.4 Å². The quantitative estimate of drug-likeness (QED) is 0.286. The number of benzene rings is 2. The number of urea groups is 1. The van der Waals surface area contributed by atoms with Gasteiger partial charge in [-0.2, -0.15) is 0 Å². The number of imide groups is 2. The Balaban J connectivity index is 1.61. The van der Waals surface area contributed by atoms with Gasteiger partial charge in [0.2, 0.25) is 5.91 Å². The fourth-order valence-corrected chi connectivity index (χ4v) is 3.49. The molecule has 3 N–H and O–H groups in total. The summed E-state index contributed by atoms with van der Waals surface area (Å²) in [6, 6.07) is 12.9. The Labute approximate surface area is 209 Å². The molecule has 5 amide bonds. The van der Waals surface area contributed by atoms with Gasteiger partial charge in [0, 0.05) is 26.0 Å². The number of nitrogens with one attached hydrogen (secondary N) is 3. The molecular weight excluding hydrogens is 466 g/mol. The summed E-state index contributed by atoms with van der Waals surface area (Å²) < 4.78 is 17.0. The number of rotatable bonds is 13. The minimum absolute atomic E-state index is 0.0361. The van der Waals surface area contributed by atoms with Crippen LogP contribution in [-0.4, -0.2) is 42.6 Å². The van der Waals surface area contributed by atoms with Crippen LogP contribution in [0.1, 0.15) is 45.1 Å². The fraction of sp³-hybridized carbons (Fsp3) is 0.385. The molecule has 36 heavy (non-hydrogen) atoms. The predicted molar refractivity (Wildman–Crippen MR) is 130 cm³/mol. The Kier molecular flexibility index (Phi) is 9.40. The molecule has 1 aliphatic rings. The second-order valence-corrected chi connectivity index (χ2v) is 8.21. The van der Waals surface area contributed by atoms with Gasteiger partial charge in [0.15, 0.2) is 0 Å². The van der Waals surface area contributed by atoms with Crippen molar-refractivity contribution in [2.45, 2.75) is 51.7 Å². The zero-order valence-electron chi connectivity index (χ0n) is 20.4. The van der Waals surface area contributed by atoms with Crippen LogP contribution in [0, 0.1) is 0 Å². The molecule has 3 rings (SSSR count). The molecule has 192 valence electrons. The van der Waals surface area contributed by atoms with Gasteiger partial charge in [-0.05, 0) is 55.3 Å². The Morgan fingerprint density at radius 2 is 1.47 bits per heavy atom. The summed E-state index contributed by atoms with van der Waals surface area (Å²) in [6.45, 7) is 4.78. The van der Waals surface area contributed by atoms with Gasteiger partial charge in [0.1, 0.15) is 17.2 Å². The molecule has 2 aromatic rings. The van der Waals surface area contributed by atoms with Crippen LogP contribution >= 0.6 is 0 Å². The summed E-state index contributed by atoms with van der Waals surface area (Å²) in [4.78, 5) is 48.4. The molecule has 1 fully saturated rings. The molecule has 0 aliphatic carbocycles. The van der Waals surface area contributed by atoms with Gasteiger partial charge in [0.25, 0.3) is 17.4 Å². The fourth-order valence-electron chi connectivity index (χ4n) is 3.49. The van der Waals surface area contributed by atoms with Crippen LogP contribution < -0.4 is 25.4 Å². The molecule has 0 unspecified atom stereocenters. The maximum atomic E-state index is 12.6. The highest BCUT2D eigenvalue weighted by Gasteiger charge is 2.52. The highest BCUT2D eigenvalue weighted by atomic mass is 16.5. The van der Waals surface area contributed by atoms with Crippen molar-refractivity contribution in [1.82, 2.24) is 16.0 Å². The van der Waals surface area contributed by atoms with E-state index in [2.05, 4.69) is 16.0 Å². The average Bonchev–Trinajstić information content (AvgIpc) is 2.86. The smallest absolute Gasteiger partial charge is 0.328 e. The topological polar surface area (TPSA) is 132 Å². The van der Waals surface area contributed by atoms with E-state index in [0.29, 0.717) is 31.1 Å². The summed E-state index contributed by atoms with van der Waals surface area (Å²) in [5, 5.41) is 7.06. The molecule has 0 bridgehead atoms. The van der Waals surface area contributed by atoms with Crippen LogP contribution in [0.25, 0.3) is 0 Å². The number of unbranched alkanes of at least 4 members (excludes halogenated alkanes) is 1.